The lowest BCUT2D eigenvalue weighted by Gasteiger charge is -2.10. The van der Waals surface area contributed by atoms with Crippen LogP contribution >= 0.6 is 0 Å². The summed E-state index contributed by atoms with van der Waals surface area (Å²) in [5.74, 6) is 6.61. The summed E-state index contributed by atoms with van der Waals surface area (Å²) >= 11 is 0. The number of alkyl halides is 3. The van der Waals surface area contributed by atoms with Crippen molar-refractivity contribution in [2.24, 2.45) is 0 Å². The molecule has 188 valence electrons. The summed E-state index contributed by atoms with van der Waals surface area (Å²) < 4.78 is 54.1. The Balaban J connectivity index is 1.39. The highest BCUT2D eigenvalue weighted by Gasteiger charge is 2.30. The monoisotopic (exact) mass is 498 g/mol. The van der Waals surface area contributed by atoms with Crippen molar-refractivity contribution in [2.45, 2.75) is 31.5 Å². The zero-order valence-electron chi connectivity index (χ0n) is 19.5. The summed E-state index contributed by atoms with van der Waals surface area (Å²) in [5, 5.41) is 9.05. The second-order valence-electron chi connectivity index (χ2n) is 7.81. The van der Waals surface area contributed by atoms with Crippen molar-refractivity contribution in [1.82, 2.24) is 0 Å². The molecule has 0 saturated carbocycles. The van der Waals surface area contributed by atoms with E-state index in [2.05, 4.69) is 11.8 Å². The molecule has 36 heavy (non-hydrogen) atoms. The molecule has 0 fully saturated rings. The molecular formula is C28H25F3O5. The Morgan fingerprint density at radius 3 is 2.06 bits per heavy atom. The maximum Gasteiger partial charge on any atom is 0.416 e. The van der Waals surface area contributed by atoms with Gasteiger partial charge in [0.15, 0.2) is 6.10 Å². The summed E-state index contributed by atoms with van der Waals surface area (Å²) in [4.78, 5) is 11.0. The number of ether oxygens (including phenoxy) is 3. The fraction of sp³-hybridized carbons (Fsp3) is 0.250. The van der Waals surface area contributed by atoms with E-state index in [1.165, 1.54) is 19.2 Å². The molecule has 0 bridgehead atoms. The predicted octanol–water partition coefficient (Wildman–Crippen LogP) is 6.35. The molecule has 5 nitrogen and oxygen atoms in total. The van der Waals surface area contributed by atoms with Crippen LogP contribution in [0.1, 0.15) is 29.5 Å². The van der Waals surface area contributed by atoms with Gasteiger partial charge >= 0.3 is 12.1 Å². The number of rotatable bonds is 10. The number of carboxylic acid groups (broad SMARTS) is 1. The van der Waals surface area contributed by atoms with E-state index in [4.69, 9.17) is 19.3 Å². The Hall–Kier alpha value is -3.96. The third kappa shape index (κ3) is 8.36. The number of carboxylic acids is 1. The molecule has 1 atom stereocenters. The number of unbranched alkanes of at least 4 members (excludes halogenated alkanes) is 1. The molecular weight excluding hydrogens is 473 g/mol. The lowest BCUT2D eigenvalue weighted by atomic mass is 10.1. The van der Waals surface area contributed by atoms with Gasteiger partial charge in [0.1, 0.15) is 17.2 Å². The van der Waals surface area contributed by atoms with Gasteiger partial charge in [0.2, 0.25) is 0 Å². The first-order valence-electron chi connectivity index (χ1n) is 11.2. The van der Waals surface area contributed by atoms with Crippen LogP contribution in [0.3, 0.4) is 0 Å². The normalized spacial score (nSPS) is 11.8. The lowest BCUT2D eigenvalue weighted by Crippen LogP contribution is -2.24. The maximum absolute atomic E-state index is 12.6. The van der Waals surface area contributed by atoms with E-state index in [1.807, 2.05) is 24.3 Å². The van der Waals surface area contributed by atoms with Crippen LogP contribution in [0.25, 0.3) is 0 Å². The van der Waals surface area contributed by atoms with E-state index < -0.39 is 23.8 Å². The summed E-state index contributed by atoms with van der Waals surface area (Å²) in [5.41, 5.74) is 0.974. The molecule has 0 saturated heterocycles. The van der Waals surface area contributed by atoms with Crippen molar-refractivity contribution < 1.29 is 37.3 Å². The standard InChI is InChI=1S/C28H25F3O5/c1-34-26(27(32)33)19-21-8-6-20(7-9-21)5-3-2-4-18-35-23-14-16-25(17-15-23)36-24-12-10-22(11-13-24)28(29,30)31/h6-17,26H,2,4,18-19H2,1H3,(H,32,33)/t26-/m0/s1. The molecule has 0 spiro atoms. The summed E-state index contributed by atoms with van der Waals surface area (Å²) in [7, 11) is 1.37. The number of aliphatic carboxylic acids is 1. The molecule has 0 radical (unpaired) electrons. The van der Waals surface area contributed by atoms with Gasteiger partial charge in [-0.2, -0.15) is 13.2 Å². The van der Waals surface area contributed by atoms with Gasteiger partial charge in [0, 0.05) is 25.5 Å². The average Bonchev–Trinajstić information content (AvgIpc) is 2.86. The second kappa shape index (κ2) is 12.7. The van der Waals surface area contributed by atoms with Crippen LogP contribution in [-0.2, 0) is 22.1 Å². The van der Waals surface area contributed by atoms with Crippen molar-refractivity contribution in [2.75, 3.05) is 13.7 Å². The third-order valence-corrected chi connectivity index (χ3v) is 5.12. The number of carbonyl (C=O) groups is 1. The number of halogens is 3. The molecule has 0 aliphatic heterocycles. The van der Waals surface area contributed by atoms with Crippen molar-refractivity contribution >= 4 is 5.97 Å². The van der Waals surface area contributed by atoms with Crippen molar-refractivity contribution in [3.63, 3.8) is 0 Å². The highest BCUT2D eigenvalue weighted by atomic mass is 19.4. The van der Waals surface area contributed by atoms with Crippen LogP contribution in [0, 0.1) is 11.8 Å². The van der Waals surface area contributed by atoms with Crippen LogP contribution in [0.4, 0.5) is 13.2 Å². The van der Waals surface area contributed by atoms with Gasteiger partial charge in [-0.25, -0.2) is 4.79 Å². The molecule has 0 aliphatic rings. The smallest absolute Gasteiger partial charge is 0.416 e. The fourth-order valence-electron chi connectivity index (χ4n) is 3.18. The number of benzene rings is 3. The van der Waals surface area contributed by atoms with E-state index in [-0.39, 0.29) is 0 Å². The van der Waals surface area contributed by atoms with Crippen LogP contribution in [0.5, 0.6) is 17.2 Å². The van der Waals surface area contributed by atoms with Crippen LogP contribution in [-0.4, -0.2) is 30.9 Å². The molecule has 3 rings (SSSR count). The third-order valence-electron chi connectivity index (χ3n) is 5.12. The van der Waals surface area contributed by atoms with E-state index >= 15 is 0 Å². The zero-order chi connectivity index (χ0) is 26.0. The summed E-state index contributed by atoms with van der Waals surface area (Å²) in [6.45, 7) is 0.473. The van der Waals surface area contributed by atoms with Gasteiger partial charge < -0.3 is 19.3 Å². The largest absolute Gasteiger partial charge is 0.494 e. The topological polar surface area (TPSA) is 65.0 Å². The van der Waals surface area contributed by atoms with E-state index in [9.17, 15) is 18.0 Å². The Kier molecular flexibility index (Phi) is 9.37. The molecule has 0 heterocycles. The Morgan fingerprint density at radius 2 is 1.50 bits per heavy atom. The molecule has 0 aliphatic carbocycles. The predicted molar refractivity (Wildman–Crippen MR) is 128 cm³/mol. The molecule has 0 aromatic heterocycles. The molecule has 0 unspecified atom stereocenters. The van der Waals surface area contributed by atoms with Crippen LogP contribution < -0.4 is 9.47 Å². The van der Waals surface area contributed by atoms with Gasteiger partial charge in [0.05, 0.1) is 12.2 Å². The van der Waals surface area contributed by atoms with Gasteiger partial charge in [-0.15, -0.1) is 0 Å². The first-order chi connectivity index (χ1) is 17.2. The minimum absolute atomic E-state index is 0.291. The first kappa shape index (κ1) is 26.6. The van der Waals surface area contributed by atoms with E-state index in [1.54, 1.807) is 24.3 Å². The van der Waals surface area contributed by atoms with E-state index in [0.717, 1.165) is 29.7 Å². The minimum Gasteiger partial charge on any atom is -0.494 e. The number of hydrogen-bond acceptors (Lipinski definition) is 4. The van der Waals surface area contributed by atoms with Gasteiger partial charge in [0.25, 0.3) is 0 Å². The Morgan fingerprint density at radius 1 is 0.917 bits per heavy atom. The maximum atomic E-state index is 12.6. The molecule has 0 amide bonds. The Labute approximate surface area is 207 Å². The zero-order valence-corrected chi connectivity index (χ0v) is 19.5. The summed E-state index contributed by atoms with van der Waals surface area (Å²) in [6, 6.07) is 18.7. The molecule has 3 aromatic carbocycles. The van der Waals surface area contributed by atoms with Crippen molar-refractivity contribution in [3.8, 4) is 29.1 Å². The number of hydrogen-bond donors (Lipinski definition) is 1. The molecule has 1 N–H and O–H groups in total. The number of methoxy groups -OCH3 is 1. The molecule has 3 aromatic rings. The fourth-order valence-corrected chi connectivity index (χ4v) is 3.18. The van der Waals surface area contributed by atoms with E-state index in [0.29, 0.717) is 36.7 Å². The van der Waals surface area contributed by atoms with Crippen molar-refractivity contribution in [3.05, 3.63) is 89.5 Å². The highest BCUT2D eigenvalue weighted by Crippen LogP contribution is 2.31. The molecule has 8 heteroatoms. The van der Waals surface area contributed by atoms with Crippen LogP contribution in [0.15, 0.2) is 72.8 Å². The lowest BCUT2D eigenvalue weighted by molar-refractivity contribution is -0.148. The van der Waals surface area contributed by atoms with Crippen LogP contribution in [0.2, 0.25) is 0 Å². The van der Waals surface area contributed by atoms with Gasteiger partial charge in [-0.1, -0.05) is 24.0 Å². The van der Waals surface area contributed by atoms with Crippen molar-refractivity contribution in [1.29, 1.82) is 0 Å². The average molecular weight is 498 g/mol. The quantitative estimate of drug-likeness (QED) is 0.261. The minimum atomic E-state index is -4.38. The first-order valence-corrected chi connectivity index (χ1v) is 11.2. The highest BCUT2D eigenvalue weighted by molar-refractivity contribution is 5.72. The summed E-state index contributed by atoms with van der Waals surface area (Å²) in [6.07, 6.45) is -3.60. The van der Waals surface area contributed by atoms with Gasteiger partial charge in [-0.3, -0.25) is 0 Å². The second-order valence-corrected chi connectivity index (χ2v) is 7.81. The van der Waals surface area contributed by atoms with Gasteiger partial charge in [-0.05, 0) is 72.6 Å². The Bertz CT molecular complexity index is 1180. The SMILES string of the molecule is CO[C@@H](Cc1ccc(C#CCCCOc2ccc(Oc3ccc(C(F)(F)F)cc3)cc2)cc1)C(=O)O.